The Kier molecular flexibility index (Phi) is 16.0. The van der Waals surface area contributed by atoms with Gasteiger partial charge in [-0.3, -0.25) is 9.59 Å². The molecule has 0 saturated heterocycles. The van der Waals surface area contributed by atoms with Crippen LogP contribution in [-0.4, -0.2) is 45.4 Å². The summed E-state index contributed by atoms with van der Waals surface area (Å²) < 4.78 is 14.7. The van der Waals surface area contributed by atoms with Crippen molar-refractivity contribution in [1.29, 1.82) is 0 Å². The molecule has 0 fully saturated rings. The van der Waals surface area contributed by atoms with Gasteiger partial charge in [-0.15, -0.1) is 0 Å². The second kappa shape index (κ2) is 14.8. The predicted molar refractivity (Wildman–Crippen MR) is 103 cm³/mol. The number of ether oxygens (including phenoxy) is 1. The van der Waals surface area contributed by atoms with E-state index < -0.39 is 11.9 Å². The van der Waals surface area contributed by atoms with E-state index in [4.69, 9.17) is 18.9 Å². The number of esters is 1. The van der Waals surface area contributed by atoms with Crippen molar-refractivity contribution in [3.8, 4) is 0 Å². The fourth-order valence-electron chi connectivity index (χ4n) is 2.64. The van der Waals surface area contributed by atoms with Gasteiger partial charge in [0.15, 0.2) is 11.5 Å². The van der Waals surface area contributed by atoms with Crippen molar-refractivity contribution in [1.82, 2.24) is 10.3 Å². The van der Waals surface area contributed by atoms with Gasteiger partial charge >= 0.3 is 30.8 Å². The van der Waals surface area contributed by atoms with Crippen LogP contribution >= 0.6 is 0 Å². The summed E-state index contributed by atoms with van der Waals surface area (Å²) in [4.78, 5) is 22.3. The number of aryl methyl sites for hydroxylation is 2. The van der Waals surface area contributed by atoms with Crippen LogP contribution < -0.4 is 18.9 Å². The van der Waals surface area contributed by atoms with Gasteiger partial charge in [0.25, 0.3) is 0 Å². The van der Waals surface area contributed by atoms with E-state index in [1.54, 1.807) is 19.1 Å². The molecule has 2 aromatic rings. The van der Waals surface area contributed by atoms with Gasteiger partial charge < -0.3 is 29.8 Å². The maximum absolute atomic E-state index is 11.5. The summed E-state index contributed by atoms with van der Waals surface area (Å²) in [5.74, 6) is -0.964. The molecule has 2 rings (SSSR count). The van der Waals surface area contributed by atoms with Crippen LogP contribution in [0.2, 0.25) is 0 Å². The monoisotopic (exact) mass is 422 g/mol. The zero-order valence-electron chi connectivity index (χ0n) is 18.8. The van der Waals surface area contributed by atoms with Crippen molar-refractivity contribution < 1.29 is 58.3 Å². The number of hydrogen-bond acceptors (Lipinski definition) is 8. The van der Waals surface area contributed by atoms with Crippen molar-refractivity contribution in [2.45, 2.75) is 53.4 Å². The Morgan fingerprint density at radius 1 is 0.933 bits per heavy atom. The molecule has 0 aliphatic carbocycles. The molecule has 0 bridgehead atoms. The van der Waals surface area contributed by atoms with Gasteiger partial charge in [-0.1, -0.05) is 38.0 Å². The number of carbonyl (C=O) groups excluding carboxylic acids is 1. The molecule has 2 unspecified atom stereocenters. The second-order valence-electron chi connectivity index (χ2n) is 7.05. The van der Waals surface area contributed by atoms with Crippen LogP contribution in [-0.2, 0) is 14.3 Å². The number of carboxylic acids is 1. The molecular formula is C19H31LiN2O8. The van der Waals surface area contributed by atoms with Crippen LogP contribution in [0.4, 0.5) is 0 Å². The summed E-state index contributed by atoms with van der Waals surface area (Å²) in [6.07, 6.45) is 0. The molecule has 0 aromatic carbocycles. The maximum atomic E-state index is 11.5. The molecule has 11 heteroatoms. The summed E-state index contributed by atoms with van der Waals surface area (Å²) >= 11 is 0. The third kappa shape index (κ3) is 9.13. The smallest absolute Gasteiger partial charge is 0.870 e. The summed E-state index contributed by atoms with van der Waals surface area (Å²) in [6, 6.07) is 3.43. The van der Waals surface area contributed by atoms with Gasteiger partial charge in [0.2, 0.25) is 0 Å². The molecule has 30 heavy (non-hydrogen) atoms. The first-order chi connectivity index (χ1) is 12.6. The van der Waals surface area contributed by atoms with Crippen LogP contribution in [0.3, 0.4) is 0 Å². The number of carboxylic acid groups (broad SMARTS) is 1. The first-order valence-corrected chi connectivity index (χ1v) is 8.75. The molecule has 2 heterocycles. The Bertz CT molecular complexity index is 757. The molecule has 10 nitrogen and oxygen atoms in total. The summed E-state index contributed by atoms with van der Waals surface area (Å²) in [7, 11) is 1.38. The minimum atomic E-state index is -0.869. The second-order valence-corrected chi connectivity index (χ2v) is 7.05. The van der Waals surface area contributed by atoms with E-state index in [9.17, 15) is 9.59 Å². The standard InChI is InChI=1S/C10H15NO3.C9H13NO3.Li.2H2O/c1-6(2)9(10(12)13-4)8-5-7(3)11-14-8;1-5(2)8(9(11)12)7-4-6(3)10-13-7;;;/h5-6,9H,1-4H3;4-5,8H,1-3H3,(H,11,12);;2*1H2/q;;+1;;/p-1. The van der Waals surface area contributed by atoms with Crippen molar-refractivity contribution >= 4 is 11.9 Å². The zero-order valence-corrected chi connectivity index (χ0v) is 18.8. The van der Waals surface area contributed by atoms with Gasteiger partial charge in [-0.05, 0) is 25.7 Å². The largest absolute Gasteiger partial charge is 1.00 e. The topological polar surface area (TPSA) is 177 Å². The third-order valence-electron chi connectivity index (χ3n) is 3.96. The van der Waals surface area contributed by atoms with Crippen molar-refractivity contribution in [2.24, 2.45) is 11.8 Å². The van der Waals surface area contributed by atoms with E-state index in [0.29, 0.717) is 17.2 Å². The van der Waals surface area contributed by atoms with E-state index in [0.717, 1.165) is 5.69 Å². The molecular weight excluding hydrogens is 391 g/mol. The number of hydrogen-bond donors (Lipinski definition) is 1. The van der Waals surface area contributed by atoms with Gasteiger partial charge in [-0.2, -0.15) is 0 Å². The summed E-state index contributed by atoms with van der Waals surface area (Å²) in [6.45, 7) is 11.2. The van der Waals surface area contributed by atoms with Crippen LogP contribution in [0.25, 0.3) is 0 Å². The molecule has 0 spiro atoms. The third-order valence-corrected chi connectivity index (χ3v) is 3.96. The van der Waals surface area contributed by atoms with Gasteiger partial charge in [0.05, 0.1) is 18.5 Å². The van der Waals surface area contributed by atoms with Crippen LogP contribution in [0, 0.1) is 25.7 Å². The van der Waals surface area contributed by atoms with Crippen LogP contribution in [0.15, 0.2) is 21.2 Å². The minimum absolute atomic E-state index is 0. The molecule has 0 radical (unpaired) electrons. The molecule has 0 saturated carbocycles. The summed E-state index contributed by atoms with van der Waals surface area (Å²) in [5.41, 5.74) is 1.48. The maximum Gasteiger partial charge on any atom is 1.00 e. The van der Waals surface area contributed by atoms with Gasteiger partial charge in [0, 0.05) is 12.1 Å². The van der Waals surface area contributed by atoms with Crippen molar-refractivity contribution in [3.63, 3.8) is 0 Å². The quantitative estimate of drug-likeness (QED) is 0.483. The first kappa shape index (κ1) is 32.5. The molecule has 2 atom stereocenters. The van der Waals surface area contributed by atoms with E-state index in [2.05, 4.69) is 10.3 Å². The van der Waals surface area contributed by atoms with E-state index >= 15 is 0 Å². The van der Waals surface area contributed by atoms with Crippen molar-refractivity contribution in [2.75, 3.05) is 7.11 Å². The predicted octanol–water partition coefficient (Wildman–Crippen LogP) is -0.295. The summed E-state index contributed by atoms with van der Waals surface area (Å²) in [5, 5.41) is 16.3. The average Bonchev–Trinajstić information content (AvgIpc) is 3.16. The fourth-order valence-corrected chi connectivity index (χ4v) is 2.64. The van der Waals surface area contributed by atoms with Gasteiger partial charge in [0.1, 0.15) is 11.8 Å². The Labute approximate surface area is 188 Å². The number of aromatic nitrogens is 2. The van der Waals surface area contributed by atoms with Gasteiger partial charge in [-0.25, -0.2) is 0 Å². The first-order valence-electron chi connectivity index (χ1n) is 8.75. The number of nitrogens with zero attached hydrogens (tertiary/aromatic N) is 2. The van der Waals surface area contributed by atoms with Crippen LogP contribution in [0.1, 0.15) is 62.4 Å². The number of aliphatic carboxylic acids is 1. The Hall–Kier alpha value is -2.12. The SMILES string of the molecule is COC(=O)C(c1cc(C)no1)C(C)C.Cc1cc(C(C(=O)O)C(C)C)on1.O.[Li+].[OH-]. The van der Waals surface area contributed by atoms with Crippen molar-refractivity contribution in [3.05, 3.63) is 35.0 Å². The Morgan fingerprint density at radius 3 is 1.53 bits per heavy atom. The zero-order chi connectivity index (χ0) is 20.7. The molecule has 0 aliphatic rings. The number of methoxy groups -OCH3 is 1. The molecule has 2 aromatic heterocycles. The molecule has 0 amide bonds. The number of rotatable bonds is 6. The minimum Gasteiger partial charge on any atom is -0.870 e. The Morgan fingerprint density at radius 2 is 1.30 bits per heavy atom. The molecule has 166 valence electrons. The van der Waals surface area contributed by atoms with E-state index in [1.807, 2.05) is 34.6 Å². The fraction of sp³-hybridized carbons (Fsp3) is 0.579. The average molecular weight is 422 g/mol. The van der Waals surface area contributed by atoms with E-state index in [1.165, 1.54) is 7.11 Å². The molecule has 0 aliphatic heterocycles. The Balaban J connectivity index is -0.000000443. The molecule has 4 N–H and O–H groups in total. The van der Waals surface area contributed by atoms with Crippen LogP contribution in [0.5, 0.6) is 0 Å². The number of carbonyl (C=O) groups is 2. The normalized spacial score (nSPS) is 11.8. The van der Waals surface area contributed by atoms with E-state index in [-0.39, 0.29) is 53.5 Å².